The lowest BCUT2D eigenvalue weighted by Gasteiger charge is -2.17. The fourth-order valence-corrected chi connectivity index (χ4v) is 6.01. The molecule has 8 heteroatoms. The van der Waals surface area contributed by atoms with Gasteiger partial charge in [0.15, 0.2) is 5.17 Å². The zero-order valence-electron chi connectivity index (χ0n) is 17.8. The Morgan fingerprint density at radius 2 is 1.73 bits per heavy atom. The molecule has 164 valence electrons. The lowest BCUT2D eigenvalue weighted by Crippen LogP contribution is -2.29. The zero-order valence-corrected chi connectivity index (χ0v) is 19.4. The van der Waals surface area contributed by atoms with Crippen LogP contribution in [-0.4, -0.2) is 28.9 Å². The van der Waals surface area contributed by atoms with E-state index >= 15 is 0 Å². The number of carbonyl (C=O) groups excluding carboxylic acids is 2. The van der Waals surface area contributed by atoms with Gasteiger partial charge in [-0.25, -0.2) is 4.99 Å². The minimum atomic E-state index is -0.516. The first kappa shape index (κ1) is 21.4. The molecule has 3 aromatic rings. The molecule has 1 fully saturated rings. The number of amidine groups is 1. The van der Waals surface area contributed by atoms with E-state index in [-0.39, 0.29) is 5.91 Å². The Morgan fingerprint density at radius 1 is 0.970 bits per heavy atom. The molecule has 0 spiro atoms. The fourth-order valence-electron chi connectivity index (χ4n) is 3.66. The first-order valence-corrected chi connectivity index (χ1v) is 11.9. The molecule has 0 atom stereocenters. The van der Waals surface area contributed by atoms with Gasteiger partial charge in [0.1, 0.15) is 4.91 Å². The van der Waals surface area contributed by atoms with Crippen molar-refractivity contribution in [1.82, 2.24) is 4.90 Å². The smallest absolute Gasteiger partial charge is 0.269 e. The molecule has 0 aromatic heterocycles. The van der Waals surface area contributed by atoms with Gasteiger partial charge in [0.25, 0.3) is 5.91 Å². The van der Waals surface area contributed by atoms with Gasteiger partial charge in [-0.15, -0.1) is 0 Å². The second-order valence-corrected chi connectivity index (χ2v) is 9.56. The average Bonchev–Trinajstić information content (AvgIpc) is 3.31. The minimum Gasteiger partial charge on any atom is -0.366 e. The van der Waals surface area contributed by atoms with Gasteiger partial charge in [0, 0.05) is 17.5 Å². The topological polar surface area (TPSA) is 79.0 Å². The Hall–Kier alpha value is -3.49. The maximum Gasteiger partial charge on any atom is 0.269 e. The third-order valence-corrected chi connectivity index (χ3v) is 7.77. The predicted octanol–water partition coefficient (Wildman–Crippen LogP) is 4.96. The molecule has 5 rings (SSSR count). The Labute approximate surface area is 200 Å². The molecule has 0 saturated carbocycles. The number of rotatable bonds is 4. The van der Waals surface area contributed by atoms with Crippen LogP contribution in [0.5, 0.6) is 0 Å². The highest BCUT2D eigenvalue weighted by molar-refractivity contribution is 8.19. The van der Waals surface area contributed by atoms with Gasteiger partial charge >= 0.3 is 0 Å². The van der Waals surface area contributed by atoms with Crippen molar-refractivity contribution in [1.29, 1.82) is 0 Å². The van der Waals surface area contributed by atoms with Gasteiger partial charge in [-0.2, -0.15) is 0 Å². The first-order valence-electron chi connectivity index (χ1n) is 10.3. The molecule has 6 nitrogen and oxygen atoms in total. The summed E-state index contributed by atoms with van der Waals surface area (Å²) in [7, 11) is 1.97. The van der Waals surface area contributed by atoms with Crippen LogP contribution in [0.2, 0.25) is 0 Å². The molecular weight excluding hydrogens is 452 g/mol. The number of carbonyl (C=O) groups is 2. The van der Waals surface area contributed by atoms with E-state index < -0.39 is 5.91 Å². The number of fused-ring (bicyclic) bond motifs is 1. The van der Waals surface area contributed by atoms with Gasteiger partial charge in [-0.05, 0) is 47.7 Å². The third-order valence-electron chi connectivity index (χ3n) is 5.33. The Kier molecular flexibility index (Phi) is 5.70. The summed E-state index contributed by atoms with van der Waals surface area (Å²) in [5.74, 6) is -0.603. The predicted molar refractivity (Wildman–Crippen MR) is 134 cm³/mol. The summed E-state index contributed by atoms with van der Waals surface area (Å²) >= 11 is 2.94. The third kappa shape index (κ3) is 4.15. The van der Waals surface area contributed by atoms with Gasteiger partial charge in [0.05, 0.1) is 22.9 Å². The van der Waals surface area contributed by atoms with Crippen molar-refractivity contribution in [3.63, 3.8) is 0 Å². The molecule has 3 aromatic carbocycles. The van der Waals surface area contributed by atoms with Crippen LogP contribution in [0.4, 0.5) is 11.4 Å². The molecule has 2 aliphatic rings. The maximum atomic E-state index is 13.6. The lowest BCUT2D eigenvalue weighted by molar-refractivity contribution is -0.122. The van der Waals surface area contributed by atoms with E-state index in [1.165, 1.54) is 11.8 Å². The lowest BCUT2D eigenvalue weighted by atomic mass is 10.2. The van der Waals surface area contributed by atoms with Crippen molar-refractivity contribution in [2.24, 2.45) is 10.7 Å². The van der Waals surface area contributed by atoms with Crippen LogP contribution in [0, 0.1) is 0 Å². The summed E-state index contributed by atoms with van der Waals surface area (Å²) in [5, 5.41) is 1.46. The van der Waals surface area contributed by atoms with E-state index in [1.54, 1.807) is 40.9 Å². The molecule has 1 saturated heterocycles. The van der Waals surface area contributed by atoms with Gasteiger partial charge < -0.3 is 10.6 Å². The SMILES string of the molecule is CN1/C(=C2/SC(=Nc3cccc(C(N)=O)c3)N(Cc3ccccc3)C2=O)Sc2ccccc21. The van der Waals surface area contributed by atoms with Crippen LogP contribution in [0.3, 0.4) is 0 Å². The van der Waals surface area contributed by atoms with Crippen molar-refractivity contribution in [2.75, 3.05) is 11.9 Å². The van der Waals surface area contributed by atoms with E-state index in [2.05, 4.69) is 11.0 Å². The summed E-state index contributed by atoms with van der Waals surface area (Å²) in [6.07, 6.45) is 0. The van der Waals surface area contributed by atoms with Gasteiger partial charge in [-0.1, -0.05) is 60.3 Å². The van der Waals surface area contributed by atoms with Crippen molar-refractivity contribution in [3.05, 3.63) is 99.9 Å². The molecule has 0 radical (unpaired) electrons. The average molecular weight is 473 g/mol. The number of aliphatic imine (C=N–C) groups is 1. The van der Waals surface area contributed by atoms with Crippen LogP contribution >= 0.6 is 23.5 Å². The monoisotopic (exact) mass is 472 g/mol. The van der Waals surface area contributed by atoms with Gasteiger partial charge in [-0.3, -0.25) is 14.5 Å². The maximum absolute atomic E-state index is 13.6. The Morgan fingerprint density at radius 3 is 2.48 bits per heavy atom. The van der Waals surface area contributed by atoms with Crippen LogP contribution < -0.4 is 10.6 Å². The van der Waals surface area contributed by atoms with Crippen molar-refractivity contribution in [3.8, 4) is 0 Å². The minimum absolute atomic E-state index is 0.0872. The van der Waals surface area contributed by atoms with Crippen molar-refractivity contribution < 1.29 is 9.59 Å². The number of primary amides is 1. The second-order valence-electron chi connectivity index (χ2n) is 7.55. The number of hydrogen-bond donors (Lipinski definition) is 1. The normalized spacial score (nSPS) is 18.8. The number of hydrogen-bond acceptors (Lipinski definition) is 6. The number of nitrogens with two attached hydrogens (primary N) is 1. The standard InChI is InChI=1S/C25H20N4O2S2/c1-28-19-12-5-6-13-20(19)32-24(28)21-23(31)29(15-16-8-3-2-4-9-16)25(33-21)27-18-11-7-10-17(14-18)22(26)30/h2-14H,15H2,1H3,(H2,26,30)/b24-21-,27-25?. The van der Waals surface area contributed by atoms with Crippen LogP contribution in [0.15, 0.2) is 98.7 Å². The fraction of sp³-hybridized carbons (Fsp3) is 0.0800. The summed E-state index contributed by atoms with van der Waals surface area (Å²) in [4.78, 5) is 35.5. The summed E-state index contributed by atoms with van der Waals surface area (Å²) in [6, 6.07) is 24.7. The van der Waals surface area contributed by atoms with Crippen molar-refractivity contribution >= 4 is 51.9 Å². The second kappa shape index (κ2) is 8.80. The Balaban J connectivity index is 1.56. The molecule has 2 heterocycles. The molecule has 0 bridgehead atoms. The van der Waals surface area contributed by atoms with Crippen LogP contribution in [0.1, 0.15) is 15.9 Å². The van der Waals surface area contributed by atoms with Gasteiger partial charge in [0.2, 0.25) is 5.91 Å². The molecular formula is C25H20N4O2S2. The summed E-state index contributed by atoms with van der Waals surface area (Å²) in [6.45, 7) is 0.402. The number of anilines is 1. The van der Waals surface area contributed by atoms with Crippen LogP contribution in [-0.2, 0) is 11.3 Å². The highest BCUT2D eigenvalue weighted by atomic mass is 32.2. The zero-order chi connectivity index (χ0) is 22.9. The molecule has 33 heavy (non-hydrogen) atoms. The number of para-hydroxylation sites is 1. The Bertz CT molecular complexity index is 1320. The van der Waals surface area contributed by atoms with Crippen LogP contribution in [0.25, 0.3) is 0 Å². The number of amides is 2. The summed E-state index contributed by atoms with van der Waals surface area (Å²) < 4.78 is 0. The largest absolute Gasteiger partial charge is 0.366 e. The van der Waals surface area contributed by atoms with E-state index in [4.69, 9.17) is 10.7 Å². The number of nitrogens with zero attached hydrogens (tertiary/aromatic N) is 3. The molecule has 2 N–H and O–H groups in total. The first-order chi connectivity index (χ1) is 16.0. The van der Waals surface area contributed by atoms with E-state index in [0.717, 1.165) is 21.2 Å². The number of benzene rings is 3. The van der Waals surface area contributed by atoms with Crippen molar-refractivity contribution in [2.45, 2.75) is 11.4 Å². The quantitative estimate of drug-likeness (QED) is 0.543. The molecule has 0 unspecified atom stereocenters. The number of thioether (sulfide) groups is 2. The van der Waals surface area contributed by atoms with E-state index in [1.807, 2.05) is 55.6 Å². The van der Waals surface area contributed by atoms with E-state index in [0.29, 0.717) is 27.9 Å². The highest BCUT2D eigenvalue weighted by Gasteiger charge is 2.39. The highest BCUT2D eigenvalue weighted by Crippen LogP contribution is 2.50. The molecule has 0 aliphatic carbocycles. The summed E-state index contributed by atoms with van der Waals surface area (Å²) in [5.41, 5.74) is 8.46. The molecule has 2 aliphatic heterocycles. The molecule has 2 amide bonds. The van der Waals surface area contributed by atoms with E-state index in [9.17, 15) is 9.59 Å².